The Morgan fingerprint density at radius 2 is 1.75 bits per heavy atom. The molecular weight excluding hydrogens is 372 g/mol. The van der Waals surface area contributed by atoms with Crippen LogP contribution in [0.2, 0.25) is 0 Å². The predicted molar refractivity (Wildman–Crippen MR) is 109 cm³/mol. The van der Waals surface area contributed by atoms with Crippen LogP contribution in [0.3, 0.4) is 0 Å². The summed E-state index contributed by atoms with van der Waals surface area (Å²) < 4.78 is 5.55. The van der Waals surface area contributed by atoms with Crippen molar-refractivity contribution in [2.24, 2.45) is 0 Å². The van der Waals surface area contributed by atoms with E-state index >= 15 is 0 Å². The Balaban J connectivity index is 1.25. The maximum Gasteiger partial charge on any atom is 0.413 e. The van der Waals surface area contributed by atoms with E-state index in [1.54, 1.807) is 0 Å². The molecule has 0 bridgehead atoms. The Labute approximate surface area is 167 Å². The molecule has 0 unspecified atom stereocenters. The number of rotatable bonds is 4. The van der Waals surface area contributed by atoms with Gasteiger partial charge in [0, 0.05) is 17.2 Å². The van der Waals surface area contributed by atoms with Crippen molar-refractivity contribution >= 4 is 22.6 Å². The van der Waals surface area contributed by atoms with E-state index in [0.29, 0.717) is 11.0 Å². The predicted octanol–water partition coefficient (Wildman–Crippen LogP) is 4.74. The second-order valence-electron chi connectivity index (χ2n) is 7.35. The Morgan fingerprint density at radius 3 is 2.39 bits per heavy atom. The van der Waals surface area contributed by atoms with Crippen LogP contribution in [0.15, 0.2) is 53.9 Å². The summed E-state index contributed by atoms with van der Waals surface area (Å²) in [4.78, 5) is 16.8. The zero-order chi connectivity index (χ0) is 19.1. The minimum atomic E-state index is -0.489. The fourth-order valence-corrected chi connectivity index (χ4v) is 4.86. The normalized spacial score (nSPS) is 20.2. The van der Waals surface area contributed by atoms with Crippen LogP contribution >= 0.6 is 11.3 Å². The van der Waals surface area contributed by atoms with Gasteiger partial charge >= 0.3 is 6.09 Å². The number of benzene rings is 2. The zero-order valence-electron chi connectivity index (χ0n) is 15.2. The van der Waals surface area contributed by atoms with Crippen LogP contribution in [-0.2, 0) is 4.74 Å². The lowest BCUT2D eigenvalue weighted by molar-refractivity contribution is 0.0734. The van der Waals surface area contributed by atoms with Crippen LogP contribution < -0.4 is 5.32 Å². The smallest absolute Gasteiger partial charge is 0.413 e. The number of amides is 1. The molecule has 0 spiro atoms. The van der Waals surface area contributed by atoms with Crippen molar-refractivity contribution in [3.63, 3.8) is 0 Å². The molecule has 0 aliphatic heterocycles. The monoisotopic (exact) mass is 392 g/mol. The molecule has 0 saturated heterocycles. The first kappa shape index (κ1) is 17.4. The molecule has 2 aliphatic rings. The first-order valence-electron chi connectivity index (χ1n) is 9.44. The van der Waals surface area contributed by atoms with Gasteiger partial charge in [0.15, 0.2) is 5.13 Å². The summed E-state index contributed by atoms with van der Waals surface area (Å²) in [6.45, 7) is 0.285. The highest BCUT2D eigenvalue weighted by atomic mass is 32.1. The van der Waals surface area contributed by atoms with E-state index in [1.165, 1.54) is 33.6 Å². The summed E-state index contributed by atoms with van der Waals surface area (Å²) in [6, 6.07) is 16.5. The minimum Gasteiger partial charge on any atom is -0.448 e. The van der Waals surface area contributed by atoms with Crippen LogP contribution in [0.4, 0.5) is 9.93 Å². The number of carbonyl (C=O) groups excluding carboxylic acids is 1. The van der Waals surface area contributed by atoms with Crippen LogP contribution in [0.1, 0.15) is 41.5 Å². The molecule has 0 radical (unpaired) electrons. The summed E-state index contributed by atoms with van der Waals surface area (Å²) in [5, 5.41) is 14.6. The van der Waals surface area contributed by atoms with Gasteiger partial charge in [-0.1, -0.05) is 48.5 Å². The van der Waals surface area contributed by atoms with E-state index in [0.717, 1.165) is 18.5 Å². The molecule has 3 aromatic rings. The molecule has 1 amide bonds. The third-order valence-electron chi connectivity index (χ3n) is 5.61. The number of aromatic nitrogens is 1. The molecule has 5 rings (SSSR count). The van der Waals surface area contributed by atoms with Crippen molar-refractivity contribution < 1.29 is 14.6 Å². The molecule has 142 valence electrons. The molecule has 1 heterocycles. The number of aliphatic hydroxyl groups excluding tert-OH is 1. The lowest BCUT2D eigenvalue weighted by atomic mass is 9.81. The first-order chi connectivity index (χ1) is 13.7. The van der Waals surface area contributed by atoms with Crippen molar-refractivity contribution in [2.75, 3.05) is 11.9 Å². The van der Waals surface area contributed by atoms with E-state index in [1.807, 2.05) is 29.6 Å². The van der Waals surface area contributed by atoms with Crippen LogP contribution in [-0.4, -0.2) is 28.9 Å². The summed E-state index contributed by atoms with van der Waals surface area (Å²) in [5.74, 6) is 0.339. The number of nitrogens with zero attached hydrogens (tertiary/aromatic N) is 1. The van der Waals surface area contributed by atoms with Gasteiger partial charge in [0.25, 0.3) is 0 Å². The van der Waals surface area contributed by atoms with Gasteiger partial charge < -0.3 is 9.84 Å². The quantitative estimate of drug-likeness (QED) is 0.673. The number of fused-ring (bicyclic) bond motifs is 3. The van der Waals surface area contributed by atoms with E-state index in [-0.39, 0.29) is 18.6 Å². The van der Waals surface area contributed by atoms with Crippen LogP contribution in [0.25, 0.3) is 11.1 Å². The highest BCUT2D eigenvalue weighted by molar-refractivity contribution is 7.13. The van der Waals surface area contributed by atoms with Crippen molar-refractivity contribution in [3.8, 4) is 11.1 Å². The SMILES string of the molecule is O=C(Nc1nc(C2CC(O)C2)cs1)OCC1c2ccccc2-c2ccccc21. The fourth-order valence-electron chi connectivity index (χ4n) is 4.08. The number of ether oxygens (including phenoxy) is 1. The molecule has 5 nitrogen and oxygen atoms in total. The van der Waals surface area contributed by atoms with Crippen molar-refractivity contribution in [3.05, 3.63) is 70.7 Å². The Bertz CT molecular complexity index is 980. The summed E-state index contributed by atoms with van der Waals surface area (Å²) in [7, 11) is 0. The van der Waals surface area contributed by atoms with E-state index in [4.69, 9.17) is 4.74 Å². The highest BCUT2D eigenvalue weighted by Gasteiger charge is 2.31. The average Bonchev–Trinajstić information content (AvgIpc) is 3.26. The van der Waals surface area contributed by atoms with Crippen LogP contribution in [0.5, 0.6) is 0 Å². The van der Waals surface area contributed by atoms with Gasteiger partial charge in [-0.25, -0.2) is 9.78 Å². The topological polar surface area (TPSA) is 71.5 Å². The van der Waals surface area contributed by atoms with Gasteiger partial charge in [0.05, 0.1) is 11.8 Å². The molecule has 6 heteroatoms. The highest BCUT2D eigenvalue weighted by Crippen LogP contribution is 2.44. The lowest BCUT2D eigenvalue weighted by Gasteiger charge is -2.29. The van der Waals surface area contributed by atoms with Gasteiger partial charge in [0.2, 0.25) is 0 Å². The summed E-state index contributed by atoms with van der Waals surface area (Å²) in [5.41, 5.74) is 5.73. The number of thiazole rings is 1. The third kappa shape index (κ3) is 3.08. The zero-order valence-corrected chi connectivity index (χ0v) is 16.0. The summed E-state index contributed by atoms with van der Waals surface area (Å²) in [6.07, 6.45) is 0.782. The average molecular weight is 392 g/mol. The van der Waals surface area contributed by atoms with Gasteiger partial charge in [-0.05, 0) is 35.1 Å². The number of aliphatic hydroxyl groups is 1. The van der Waals surface area contributed by atoms with E-state index < -0.39 is 6.09 Å². The van der Waals surface area contributed by atoms with Gasteiger partial charge in [-0.3, -0.25) is 5.32 Å². The van der Waals surface area contributed by atoms with Gasteiger partial charge in [-0.15, -0.1) is 11.3 Å². The second kappa shape index (κ2) is 7.04. The number of anilines is 1. The fraction of sp³-hybridized carbons (Fsp3) is 0.273. The van der Waals surface area contributed by atoms with Crippen molar-refractivity contribution in [2.45, 2.75) is 30.8 Å². The first-order valence-corrected chi connectivity index (χ1v) is 10.3. The van der Waals surface area contributed by atoms with Crippen molar-refractivity contribution in [1.29, 1.82) is 0 Å². The largest absolute Gasteiger partial charge is 0.448 e. The molecule has 1 fully saturated rings. The second-order valence-corrected chi connectivity index (χ2v) is 8.21. The Morgan fingerprint density at radius 1 is 1.11 bits per heavy atom. The molecule has 1 saturated carbocycles. The van der Waals surface area contributed by atoms with E-state index in [2.05, 4.69) is 34.6 Å². The molecular formula is C22H20N2O3S. The molecule has 28 heavy (non-hydrogen) atoms. The maximum atomic E-state index is 12.3. The Hall–Kier alpha value is -2.70. The van der Waals surface area contributed by atoms with Gasteiger partial charge in [0.1, 0.15) is 6.61 Å². The third-order valence-corrected chi connectivity index (χ3v) is 6.38. The standard InChI is InChI=1S/C22H20N2O3S/c25-14-9-13(10-14)20-12-28-21(23-20)24-22(26)27-11-19-17-7-3-1-5-15(17)16-6-2-4-8-18(16)19/h1-8,12-14,19,25H,9-11H2,(H,23,24,26). The molecule has 0 atom stereocenters. The molecule has 1 aromatic heterocycles. The number of nitrogens with one attached hydrogen (secondary N) is 1. The maximum absolute atomic E-state index is 12.3. The van der Waals surface area contributed by atoms with Gasteiger partial charge in [-0.2, -0.15) is 0 Å². The molecule has 2 aromatic carbocycles. The van der Waals surface area contributed by atoms with Crippen LogP contribution in [0, 0.1) is 0 Å². The van der Waals surface area contributed by atoms with Crippen molar-refractivity contribution in [1.82, 2.24) is 4.98 Å². The minimum absolute atomic E-state index is 0.0430. The number of hydrogen-bond acceptors (Lipinski definition) is 5. The number of carbonyl (C=O) groups is 1. The summed E-state index contributed by atoms with van der Waals surface area (Å²) >= 11 is 1.39. The molecule has 2 aliphatic carbocycles. The lowest BCUT2D eigenvalue weighted by Crippen LogP contribution is -2.26. The Kier molecular flexibility index (Phi) is 4.37. The molecule has 2 N–H and O–H groups in total. The van der Waals surface area contributed by atoms with E-state index in [9.17, 15) is 9.90 Å². The number of hydrogen-bond donors (Lipinski definition) is 2.